The molecule has 182 valence electrons. The molecule has 1 N–H and O–H groups in total. The molecule has 0 spiro atoms. The highest BCUT2D eigenvalue weighted by Gasteiger charge is 2.31. The van der Waals surface area contributed by atoms with Crippen molar-refractivity contribution >= 4 is 23.0 Å². The first kappa shape index (κ1) is 26.0. The van der Waals surface area contributed by atoms with E-state index in [9.17, 15) is 9.35 Å². The van der Waals surface area contributed by atoms with E-state index in [0.717, 1.165) is 17.7 Å². The molecule has 0 bridgehead atoms. The number of aromatic nitrogens is 2. The number of hydrogen-bond donors (Lipinski definition) is 1. The van der Waals surface area contributed by atoms with Gasteiger partial charge in [0.05, 0.1) is 38.6 Å². The largest absolute Gasteiger partial charge is 0.598 e. The minimum absolute atomic E-state index is 0.0621. The lowest BCUT2D eigenvalue weighted by molar-refractivity contribution is -0.182. The van der Waals surface area contributed by atoms with Crippen molar-refractivity contribution in [2.75, 3.05) is 20.3 Å². The summed E-state index contributed by atoms with van der Waals surface area (Å²) in [6.45, 7) is 7.25. The van der Waals surface area contributed by atoms with Crippen molar-refractivity contribution in [2.24, 2.45) is 0 Å². The van der Waals surface area contributed by atoms with Crippen LogP contribution in [0.4, 0.5) is 0 Å². The van der Waals surface area contributed by atoms with Crippen molar-refractivity contribution < 1.29 is 18.8 Å². The molecule has 1 aromatic carbocycles. The third-order valence-electron chi connectivity index (χ3n) is 5.19. The molecule has 0 aliphatic carbocycles. The van der Waals surface area contributed by atoms with E-state index in [0.29, 0.717) is 31.7 Å². The van der Waals surface area contributed by atoms with E-state index in [2.05, 4.69) is 9.82 Å². The first-order chi connectivity index (χ1) is 15.7. The number of ether oxygens (including phenoxy) is 3. The minimum atomic E-state index is -1.35. The lowest BCUT2D eigenvalue weighted by Crippen LogP contribution is -2.42. The van der Waals surface area contributed by atoms with Gasteiger partial charge in [-0.2, -0.15) is 5.10 Å². The Morgan fingerprint density at radius 3 is 2.58 bits per heavy atom. The smallest absolute Gasteiger partial charge is 0.285 e. The van der Waals surface area contributed by atoms with Crippen molar-refractivity contribution in [2.45, 2.75) is 63.7 Å². The molecule has 1 aliphatic heterocycles. The monoisotopic (exact) mass is 497 g/mol. The second-order valence-electron chi connectivity index (χ2n) is 8.88. The van der Waals surface area contributed by atoms with Crippen LogP contribution in [0.25, 0.3) is 0 Å². The van der Waals surface area contributed by atoms with E-state index < -0.39 is 22.2 Å². The van der Waals surface area contributed by atoms with E-state index in [1.807, 2.05) is 45.0 Å². The Bertz CT molecular complexity index is 958. The van der Waals surface area contributed by atoms with E-state index in [1.54, 1.807) is 13.2 Å². The van der Waals surface area contributed by atoms with Crippen molar-refractivity contribution in [1.82, 2.24) is 14.5 Å². The average molecular weight is 498 g/mol. The Balaban J connectivity index is 1.85. The van der Waals surface area contributed by atoms with Crippen LogP contribution < -0.4 is 15.0 Å². The van der Waals surface area contributed by atoms with Gasteiger partial charge in [0.15, 0.2) is 6.29 Å². The number of benzene rings is 1. The zero-order valence-corrected chi connectivity index (χ0v) is 21.1. The summed E-state index contributed by atoms with van der Waals surface area (Å²) >= 11 is 4.96. The summed E-state index contributed by atoms with van der Waals surface area (Å²) < 4.78 is 33.4. The van der Waals surface area contributed by atoms with Crippen LogP contribution in [-0.4, -0.2) is 45.7 Å². The Morgan fingerprint density at radius 2 is 1.97 bits per heavy atom. The van der Waals surface area contributed by atoms with Gasteiger partial charge in [0, 0.05) is 17.8 Å². The second-order valence-corrected chi connectivity index (χ2v) is 11.3. The summed E-state index contributed by atoms with van der Waals surface area (Å²) in [5.41, 5.74) is 1.04. The van der Waals surface area contributed by atoms with Crippen LogP contribution >= 0.6 is 11.6 Å². The van der Waals surface area contributed by atoms with E-state index in [-0.39, 0.29) is 23.4 Å². The molecule has 1 aromatic heterocycles. The molecule has 0 amide bonds. The number of methoxy groups -OCH3 is 1. The van der Waals surface area contributed by atoms with E-state index in [4.69, 9.17) is 25.8 Å². The van der Waals surface area contributed by atoms with Gasteiger partial charge in [0.2, 0.25) is 0 Å². The van der Waals surface area contributed by atoms with Crippen molar-refractivity contribution in [3.05, 3.63) is 57.0 Å². The fraction of sp³-hybridized carbons (Fsp3) is 0.565. The van der Waals surface area contributed by atoms with Crippen LogP contribution in [0.2, 0.25) is 5.02 Å². The zero-order chi connectivity index (χ0) is 24.0. The van der Waals surface area contributed by atoms with Gasteiger partial charge >= 0.3 is 0 Å². The molecule has 1 aliphatic rings. The van der Waals surface area contributed by atoms with Gasteiger partial charge in [-0.15, -0.1) is 4.72 Å². The molecule has 1 fully saturated rings. The van der Waals surface area contributed by atoms with E-state index >= 15 is 0 Å². The molecule has 2 aromatic rings. The van der Waals surface area contributed by atoms with Crippen LogP contribution in [0.1, 0.15) is 57.3 Å². The Kier molecular flexibility index (Phi) is 9.20. The highest BCUT2D eigenvalue weighted by Crippen LogP contribution is 2.25. The van der Waals surface area contributed by atoms with Gasteiger partial charge in [-0.05, 0) is 57.4 Å². The molecule has 8 nitrogen and oxygen atoms in total. The van der Waals surface area contributed by atoms with Crippen LogP contribution in [0, 0.1) is 0 Å². The molecule has 2 unspecified atom stereocenters. The van der Waals surface area contributed by atoms with Gasteiger partial charge in [0.25, 0.3) is 5.56 Å². The first-order valence-corrected chi connectivity index (χ1v) is 12.5. The summed E-state index contributed by atoms with van der Waals surface area (Å²) in [5.74, 6) is 0.729. The maximum atomic E-state index is 12.9. The lowest BCUT2D eigenvalue weighted by atomic mass is 10.1. The maximum absolute atomic E-state index is 12.9. The summed E-state index contributed by atoms with van der Waals surface area (Å²) in [5, 5.41) is 4.64. The summed E-state index contributed by atoms with van der Waals surface area (Å²) in [6, 6.07) is 8.54. The fourth-order valence-electron chi connectivity index (χ4n) is 3.29. The summed E-state index contributed by atoms with van der Waals surface area (Å²) in [7, 11) is 1.60. The Morgan fingerprint density at radius 1 is 1.30 bits per heavy atom. The summed E-state index contributed by atoms with van der Waals surface area (Å²) in [6.07, 6.45) is 1.71. The van der Waals surface area contributed by atoms with Gasteiger partial charge in [-0.25, -0.2) is 4.68 Å². The van der Waals surface area contributed by atoms with Gasteiger partial charge in [-0.3, -0.25) is 4.79 Å². The number of rotatable bonds is 9. The van der Waals surface area contributed by atoms with Crippen molar-refractivity contribution in [3.63, 3.8) is 0 Å². The molecule has 0 saturated carbocycles. The molecule has 3 rings (SSSR count). The van der Waals surface area contributed by atoms with Crippen LogP contribution in [0.3, 0.4) is 0 Å². The average Bonchev–Trinajstić information content (AvgIpc) is 2.80. The predicted molar refractivity (Wildman–Crippen MR) is 129 cm³/mol. The summed E-state index contributed by atoms with van der Waals surface area (Å²) in [4.78, 5) is 12.7. The standard InChI is InChI=1S/C23H32ClN3O5S/c1-23(2,3)33(29)26-19(10-11-21-31-12-5-13-32-21)20-14-18(24)22(28)27(25-20)15-16-6-8-17(30-4)9-7-16/h6-9,14,19,21,26H,5,10-13,15H2,1-4H3. The van der Waals surface area contributed by atoms with Gasteiger partial charge in [0.1, 0.15) is 15.5 Å². The first-order valence-electron chi connectivity index (χ1n) is 11.0. The van der Waals surface area contributed by atoms with Crippen molar-refractivity contribution in [1.29, 1.82) is 0 Å². The number of halogens is 1. The number of hydrogen-bond acceptors (Lipinski definition) is 7. The molecule has 2 atom stereocenters. The molecule has 0 radical (unpaired) electrons. The minimum Gasteiger partial charge on any atom is -0.598 e. The predicted octanol–water partition coefficient (Wildman–Crippen LogP) is 3.59. The molecule has 1 saturated heterocycles. The van der Waals surface area contributed by atoms with Crippen LogP contribution in [-0.2, 0) is 27.4 Å². The van der Waals surface area contributed by atoms with Gasteiger partial charge < -0.3 is 18.8 Å². The maximum Gasteiger partial charge on any atom is 0.285 e. The third-order valence-corrected chi connectivity index (χ3v) is 7.07. The SMILES string of the molecule is COc1ccc(Cn2nc(C(CCC3OCCCO3)N[S+]([O-])C(C)(C)C)cc(Cl)c2=O)cc1. The zero-order valence-electron chi connectivity index (χ0n) is 19.5. The topological polar surface area (TPSA) is 97.7 Å². The van der Waals surface area contributed by atoms with Gasteiger partial charge in [-0.1, -0.05) is 23.7 Å². The highest BCUT2D eigenvalue weighted by molar-refractivity contribution is 7.90. The Labute approximate surface area is 202 Å². The van der Waals surface area contributed by atoms with Crippen LogP contribution in [0.15, 0.2) is 35.1 Å². The molecule has 10 heteroatoms. The Hall–Kier alpha value is -1.62. The second kappa shape index (κ2) is 11.7. The van der Waals surface area contributed by atoms with Crippen molar-refractivity contribution in [3.8, 4) is 5.75 Å². The quantitative estimate of drug-likeness (QED) is 0.528. The molecule has 33 heavy (non-hydrogen) atoms. The highest BCUT2D eigenvalue weighted by atomic mass is 35.5. The fourth-order valence-corrected chi connectivity index (χ4v) is 4.35. The van der Waals surface area contributed by atoms with Crippen LogP contribution in [0.5, 0.6) is 5.75 Å². The third kappa shape index (κ3) is 7.43. The molecule has 2 heterocycles. The normalized spacial score (nSPS) is 17.0. The number of nitrogens with zero attached hydrogens (tertiary/aromatic N) is 2. The molecular weight excluding hydrogens is 466 g/mol. The lowest BCUT2D eigenvalue weighted by Gasteiger charge is -2.29. The molecular formula is C23H32ClN3O5S. The number of nitrogens with one attached hydrogen (secondary N) is 1. The van der Waals surface area contributed by atoms with E-state index in [1.165, 1.54) is 4.68 Å².